The van der Waals surface area contributed by atoms with Gasteiger partial charge in [-0.05, 0) is 30.7 Å². The minimum atomic E-state index is -0.369. The number of rotatable bonds is 7. The number of anilines is 1. The molecule has 0 saturated heterocycles. The van der Waals surface area contributed by atoms with Crippen LogP contribution in [0.5, 0.6) is 17.2 Å². The molecule has 1 aromatic heterocycles. The number of hydrogen-bond donors (Lipinski definition) is 2. The third-order valence-corrected chi connectivity index (χ3v) is 4.18. The monoisotopic (exact) mass is 398 g/mol. The average molecular weight is 398 g/mol. The first kappa shape index (κ1) is 20.0. The molecule has 9 heteroatoms. The van der Waals surface area contributed by atoms with Gasteiger partial charge in [0.2, 0.25) is 17.5 Å². The van der Waals surface area contributed by atoms with E-state index in [2.05, 4.69) is 20.8 Å². The van der Waals surface area contributed by atoms with E-state index in [1.165, 1.54) is 21.3 Å². The second-order valence-electron chi connectivity index (χ2n) is 6.05. The summed E-state index contributed by atoms with van der Waals surface area (Å²) in [6.45, 7) is 1.99. The molecule has 9 nitrogen and oxygen atoms in total. The molecule has 0 aliphatic rings. The SMILES string of the molecule is COc1cc(-c2noc(CNC(=O)Nc3ccccc3C)n2)cc(OC)c1OC. The van der Waals surface area contributed by atoms with E-state index in [-0.39, 0.29) is 18.5 Å². The first-order chi connectivity index (χ1) is 14.0. The molecule has 0 atom stereocenters. The number of methoxy groups -OCH3 is 3. The Kier molecular flexibility index (Phi) is 6.18. The van der Waals surface area contributed by atoms with Gasteiger partial charge in [0.1, 0.15) is 0 Å². The van der Waals surface area contributed by atoms with E-state index >= 15 is 0 Å². The molecule has 0 saturated carbocycles. The molecular formula is C20H22N4O5. The molecule has 3 aromatic rings. The lowest BCUT2D eigenvalue weighted by Crippen LogP contribution is -2.28. The second-order valence-corrected chi connectivity index (χ2v) is 6.05. The summed E-state index contributed by atoms with van der Waals surface area (Å²) in [7, 11) is 4.58. The maximum absolute atomic E-state index is 12.1. The fourth-order valence-corrected chi connectivity index (χ4v) is 2.69. The van der Waals surface area contributed by atoms with E-state index in [0.717, 1.165) is 11.3 Å². The summed E-state index contributed by atoms with van der Waals surface area (Å²) in [6, 6.07) is 10.6. The number of nitrogens with zero attached hydrogens (tertiary/aromatic N) is 2. The highest BCUT2D eigenvalue weighted by Gasteiger charge is 2.17. The van der Waals surface area contributed by atoms with Crippen molar-refractivity contribution < 1.29 is 23.5 Å². The summed E-state index contributed by atoms with van der Waals surface area (Å²) in [4.78, 5) is 16.4. The summed E-state index contributed by atoms with van der Waals surface area (Å²) in [5.74, 6) is 2.01. The lowest BCUT2D eigenvalue weighted by atomic mass is 10.1. The number of para-hydroxylation sites is 1. The van der Waals surface area contributed by atoms with E-state index in [0.29, 0.717) is 28.6 Å². The van der Waals surface area contributed by atoms with Crippen LogP contribution in [0.25, 0.3) is 11.4 Å². The Bertz CT molecular complexity index is 977. The van der Waals surface area contributed by atoms with E-state index < -0.39 is 0 Å². The van der Waals surface area contributed by atoms with Crippen molar-refractivity contribution in [2.24, 2.45) is 0 Å². The highest BCUT2D eigenvalue weighted by atomic mass is 16.5. The molecule has 0 unspecified atom stereocenters. The van der Waals surface area contributed by atoms with Gasteiger partial charge >= 0.3 is 6.03 Å². The second kappa shape index (κ2) is 8.96. The minimum absolute atomic E-state index is 0.0785. The fourth-order valence-electron chi connectivity index (χ4n) is 2.69. The molecule has 152 valence electrons. The fraction of sp³-hybridized carbons (Fsp3) is 0.250. The average Bonchev–Trinajstić information content (AvgIpc) is 3.22. The standard InChI is InChI=1S/C20H22N4O5/c1-12-7-5-6-8-14(12)22-20(25)21-11-17-23-19(24-29-17)13-9-15(26-2)18(28-4)16(10-13)27-3/h5-10H,11H2,1-4H3,(H2,21,22,25). The third-order valence-electron chi connectivity index (χ3n) is 4.18. The molecular weight excluding hydrogens is 376 g/mol. The largest absolute Gasteiger partial charge is 0.493 e. The Labute approximate surface area is 168 Å². The molecule has 1 heterocycles. The maximum atomic E-state index is 12.1. The summed E-state index contributed by atoms with van der Waals surface area (Å²) >= 11 is 0. The van der Waals surface area contributed by atoms with Crippen LogP contribution in [0, 0.1) is 6.92 Å². The zero-order chi connectivity index (χ0) is 20.8. The van der Waals surface area contributed by atoms with Crippen LogP contribution in [-0.4, -0.2) is 37.5 Å². The zero-order valence-electron chi connectivity index (χ0n) is 16.6. The summed E-state index contributed by atoms with van der Waals surface area (Å²) in [5.41, 5.74) is 2.32. The summed E-state index contributed by atoms with van der Waals surface area (Å²) in [5, 5.41) is 9.42. The lowest BCUT2D eigenvalue weighted by Gasteiger charge is -2.12. The number of ether oxygens (including phenoxy) is 3. The molecule has 2 amide bonds. The number of hydrogen-bond acceptors (Lipinski definition) is 7. The van der Waals surface area contributed by atoms with Crippen LogP contribution in [0.3, 0.4) is 0 Å². The van der Waals surface area contributed by atoms with Crippen LogP contribution < -0.4 is 24.8 Å². The van der Waals surface area contributed by atoms with Crippen molar-refractivity contribution in [2.75, 3.05) is 26.6 Å². The van der Waals surface area contributed by atoms with Crippen molar-refractivity contribution in [2.45, 2.75) is 13.5 Å². The van der Waals surface area contributed by atoms with Gasteiger partial charge in [0.15, 0.2) is 11.5 Å². The van der Waals surface area contributed by atoms with Crippen molar-refractivity contribution in [3.8, 4) is 28.6 Å². The maximum Gasteiger partial charge on any atom is 0.319 e. The predicted molar refractivity (Wildman–Crippen MR) is 106 cm³/mol. The van der Waals surface area contributed by atoms with Gasteiger partial charge in [-0.25, -0.2) is 4.79 Å². The first-order valence-electron chi connectivity index (χ1n) is 8.79. The molecule has 0 aliphatic heterocycles. The smallest absolute Gasteiger partial charge is 0.319 e. The van der Waals surface area contributed by atoms with Crippen LogP contribution in [0.2, 0.25) is 0 Å². The number of aryl methyl sites for hydroxylation is 1. The van der Waals surface area contributed by atoms with E-state index in [1.807, 2.05) is 31.2 Å². The van der Waals surface area contributed by atoms with E-state index in [4.69, 9.17) is 18.7 Å². The molecule has 2 N–H and O–H groups in total. The van der Waals surface area contributed by atoms with Gasteiger partial charge in [-0.15, -0.1) is 0 Å². The number of benzene rings is 2. The molecule has 0 radical (unpaired) electrons. The Morgan fingerprint density at radius 2 is 1.76 bits per heavy atom. The van der Waals surface area contributed by atoms with Crippen LogP contribution in [0.1, 0.15) is 11.5 Å². The summed E-state index contributed by atoms with van der Waals surface area (Å²) < 4.78 is 21.2. The van der Waals surface area contributed by atoms with Crippen LogP contribution >= 0.6 is 0 Å². The van der Waals surface area contributed by atoms with Gasteiger partial charge in [0.05, 0.1) is 27.9 Å². The van der Waals surface area contributed by atoms with Crippen molar-refractivity contribution in [1.29, 1.82) is 0 Å². The van der Waals surface area contributed by atoms with Gasteiger partial charge in [-0.2, -0.15) is 4.98 Å². The lowest BCUT2D eigenvalue weighted by molar-refractivity contribution is 0.249. The van der Waals surface area contributed by atoms with Crippen molar-refractivity contribution in [3.63, 3.8) is 0 Å². The number of amides is 2. The number of nitrogens with one attached hydrogen (secondary N) is 2. The van der Waals surface area contributed by atoms with Crippen molar-refractivity contribution in [1.82, 2.24) is 15.5 Å². The quantitative estimate of drug-likeness (QED) is 0.628. The molecule has 2 aromatic carbocycles. The van der Waals surface area contributed by atoms with E-state index in [9.17, 15) is 4.79 Å². The third kappa shape index (κ3) is 4.57. The van der Waals surface area contributed by atoms with Gasteiger partial charge in [0, 0.05) is 11.3 Å². The Morgan fingerprint density at radius 3 is 2.38 bits per heavy atom. The molecule has 0 fully saturated rings. The highest BCUT2D eigenvalue weighted by molar-refractivity contribution is 5.89. The molecule has 3 rings (SSSR count). The van der Waals surface area contributed by atoms with Crippen LogP contribution in [-0.2, 0) is 6.54 Å². The van der Waals surface area contributed by atoms with Gasteiger partial charge < -0.3 is 29.4 Å². The van der Waals surface area contributed by atoms with Crippen molar-refractivity contribution >= 4 is 11.7 Å². The first-order valence-corrected chi connectivity index (χ1v) is 8.79. The predicted octanol–water partition coefficient (Wildman–Crippen LogP) is 3.39. The van der Waals surface area contributed by atoms with Crippen molar-refractivity contribution in [3.05, 3.63) is 47.9 Å². The number of aromatic nitrogens is 2. The van der Waals surface area contributed by atoms with Crippen LogP contribution in [0.4, 0.5) is 10.5 Å². The molecule has 29 heavy (non-hydrogen) atoms. The van der Waals surface area contributed by atoms with Crippen LogP contribution in [0.15, 0.2) is 40.9 Å². The van der Waals surface area contributed by atoms with E-state index in [1.54, 1.807) is 12.1 Å². The van der Waals surface area contributed by atoms with Gasteiger partial charge in [-0.3, -0.25) is 0 Å². The summed E-state index contributed by atoms with van der Waals surface area (Å²) in [6.07, 6.45) is 0. The minimum Gasteiger partial charge on any atom is -0.493 e. The molecule has 0 bridgehead atoms. The zero-order valence-corrected chi connectivity index (χ0v) is 16.6. The van der Waals surface area contributed by atoms with Gasteiger partial charge in [-0.1, -0.05) is 23.4 Å². The topological polar surface area (TPSA) is 108 Å². The number of carbonyl (C=O) groups excluding carboxylic acids is 1. The number of urea groups is 1. The van der Waals surface area contributed by atoms with Gasteiger partial charge in [0.25, 0.3) is 0 Å². The molecule has 0 spiro atoms. The highest BCUT2D eigenvalue weighted by Crippen LogP contribution is 2.40. The number of carbonyl (C=O) groups is 1. The molecule has 0 aliphatic carbocycles. The Morgan fingerprint density at radius 1 is 1.07 bits per heavy atom. The Hall–Kier alpha value is -3.75. The normalized spacial score (nSPS) is 10.3. The Balaban J connectivity index is 1.69.